The van der Waals surface area contributed by atoms with Crippen molar-refractivity contribution < 1.29 is 14.3 Å². The van der Waals surface area contributed by atoms with Crippen LogP contribution in [0.1, 0.15) is 24.8 Å². The molecule has 2 rings (SSSR count). The summed E-state index contributed by atoms with van der Waals surface area (Å²) in [6.07, 6.45) is 3.89. The highest BCUT2D eigenvalue weighted by atomic mass is 16.5. The number of benzene rings is 1. The van der Waals surface area contributed by atoms with Crippen LogP contribution in [-0.2, 0) is 16.0 Å². The molecule has 1 aliphatic rings. The molecular weight excluding hydrogens is 242 g/mol. The molecule has 19 heavy (non-hydrogen) atoms. The summed E-state index contributed by atoms with van der Waals surface area (Å²) in [5, 5.41) is 2.94. The van der Waals surface area contributed by atoms with E-state index in [1.165, 1.54) is 0 Å². The molecule has 1 N–H and O–H groups in total. The third kappa shape index (κ3) is 4.56. The number of amides is 1. The first kappa shape index (κ1) is 13.9. The van der Waals surface area contributed by atoms with Crippen molar-refractivity contribution in [1.29, 1.82) is 0 Å². The van der Waals surface area contributed by atoms with Crippen molar-refractivity contribution in [3.05, 3.63) is 29.8 Å². The highest BCUT2D eigenvalue weighted by molar-refractivity contribution is 5.78. The molecule has 1 unspecified atom stereocenters. The summed E-state index contributed by atoms with van der Waals surface area (Å²) in [6, 6.07) is 7.59. The minimum atomic E-state index is 0.0475. The smallest absolute Gasteiger partial charge is 0.224 e. The standard InChI is InChI=1S/C15H21NO3/c1-18-14-5-2-4-12(10-14)11-15(17)16-8-7-13-6-3-9-19-13/h2,4-5,10,13H,3,6-9,11H2,1H3,(H,16,17). The van der Waals surface area contributed by atoms with Crippen LogP contribution in [0.3, 0.4) is 0 Å². The summed E-state index contributed by atoms with van der Waals surface area (Å²) in [5.41, 5.74) is 0.967. The number of ether oxygens (including phenoxy) is 2. The molecule has 4 heteroatoms. The maximum absolute atomic E-state index is 11.8. The topological polar surface area (TPSA) is 47.6 Å². The Kier molecular flexibility index (Phi) is 5.21. The zero-order valence-electron chi connectivity index (χ0n) is 11.4. The highest BCUT2D eigenvalue weighted by Gasteiger charge is 2.15. The first-order valence-electron chi connectivity index (χ1n) is 6.79. The summed E-state index contributed by atoms with van der Waals surface area (Å²) in [4.78, 5) is 11.8. The van der Waals surface area contributed by atoms with Gasteiger partial charge in [-0.2, -0.15) is 0 Å². The predicted molar refractivity (Wildman–Crippen MR) is 73.3 cm³/mol. The first-order valence-corrected chi connectivity index (χ1v) is 6.79. The molecule has 0 saturated carbocycles. The van der Waals surface area contributed by atoms with E-state index in [4.69, 9.17) is 9.47 Å². The number of hydrogen-bond donors (Lipinski definition) is 1. The minimum Gasteiger partial charge on any atom is -0.497 e. The maximum atomic E-state index is 11.8. The minimum absolute atomic E-state index is 0.0475. The van der Waals surface area contributed by atoms with Gasteiger partial charge in [0.1, 0.15) is 5.75 Å². The Morgan fingerprint density at radius 1 is 1.53 bits per heavy atom. The fourth-order valence-corrected chi connectivity index (χ4v) is 2.27. The lowest BCUT2D eigenvalue weighted by molar-refractivity contribution is -0.120. The van der Waals surface area contributed by atoms with E-state index in [0.29, 0.717) is 19.1 Å². The van der Waals surface area contributed by atoms with Crippen LogP contribution in [0.25, 0.3) is 0 Å². The Labute approximate surface area is 114 Å². The molecule has 1 fully saturated rings. The molecule has 1 atom stereocenters. The molecule has 0 aromatic heterocycles. The van der Waals surface area contributed by atoms with Gasteiger partial charge in [0.05, 0.1) is 19.6 Å². The molecule has 0 bridgehead atoms. The predicted octanol–water partition coefficient (Wildman–Crippen LogP) is 1.92. The van der Waals surface area contributed by atoms with Gasteiger partial charge in [-0.15, -0.1) is 0 Å². The zero-order valence-corrected chi connectivity index (χ0v) is 11.4. The largest absolute Gasteiger partial charge is 0.497 e. The van der Waals surface area contributed by atoms with E-state index in [2.05, 4.69) is 5.32 Å². The Hall–Kier alpha value is -1.55. The van der Waals surface area contributed by atoms with Gasteiger partial charge in [-0.3, -0.25) is 4.79 Å². The normalized spacial score (nSPS) is 18.3. The molecular formula is C15H21NO3. The van der Waals surface area contributed by atoms with Gasteiger partial charge < -0.3 is 14.8 Å². The average molecular weight is 263 g/mol. The van der Waals surface area contributed by atoms with Crippen LogP contribution in [0.2, 0.25) is 0 Å². The number of carbonyl (C=O) groups is 1. The molecule has 0 aliphatic carbocycles. The molecule has 1 saturated heterocycles. The van der Waals surface area contributed by atoms with E-state index >= 15 is 0 Å². The fourth-order valence-electron chi connectivity index (χ4n) is 2.27. The lowest BCUT2D eigenvalue weighted by Crippen LogP contribution is -2.28. The van der Waals surface area contributed by atoms with Gasteiger partial charge in [0.15, 0.2) is 0 Å². The third-order valence-corrected chi connectivity index (χ3v) is 3.31. The molecule has 0 radical (unpaired) electrons. The quantitative estimate of drug-likeness (QED) is 0.853. The van der Waals surface area contributed by atoms with Crippen LogP contribution in [0.4, 0.5) is 0 Å². The number of nitrogens with one attached hydrogen (secondary N) is 1. The second kappa shape index (κ2) is 7.14. The van der Waals surface area contributed by atoms with E-state index in [0.717, 1.165) is 37.2 Å². The molecule has 4 nitrogen and oxygen atoms in total. The Bertz CT molecular complexity index is 414. The second-order valence-electron chi connectivity index (χ2n) is 4.80. The van der Waals surface area contributed by atoms with Gasteiger partial charge >= 0.3 is 0 Å². The van der Waals surface area contributed by atoms with Crippen molar-refractivity contribution in [3.8, 4) is 5.75 Å². The van der Waals surface area contributed by atoms with Crippen LogP contribution in [0.15, 0.2) is 24.3 Å². The van der Waals surface area contributed by atoms with Gasteiger partial charge in [-0.25, -0.2) is 0 Å². The summed E-state index contributed by atoms with van der Waals surface area (Å²) >= 11 is 0. The van der Waals surface area contributed by atoms with Gasteiger partial charge in [-0.1, -0.05) is 12.1 Å². The second-order valence-corrected chi connectivity index (χ2v) is 4.80. The van der Waals surface area contributed by atoms with Crippen molar-refractivity contribution in [1.82, 2.24) is 5.32 Å². The SMILES string of the molecule is COc1cccc(CC(=O)NCCC2CCCO2)c1. The number of rotatable bonds is 6. The monoisotopic (exact) mass is 263 g/mol. The van der Waals surface area contributed by atoms with Crippen molar-refractivity contribution in [3.63, 3.8) is 0 Å². The summed E-state index contributed by atoms with van der Waals surface area (Å²) in [5.74, 6) is 0.830. The van der Waals surface area contributed by atoms with Crippen LogP contribution in [0.5, 0.6) is 5.75 Å². The molecule has 0 spiro atoms. The van der Waals surface area contributed by atoms with E-state index in [1.54, 1.807) is 7.11 Å². The van der Waals surface area contributed by atoms with E-state index in [1.807, 2.05) is 24.3 Å². The highest BCUT2D eigenvalue weighted by Crippen LogP contribution is 2.15. The van der Waals surface area contributed by atoms with Gasteiger partial charge in [0.25, 0.3) is 0 Å². The molecule has 1 heterocycles. The number of carbonyl (C=O) groups excluding carboxylic acids is 1. The Morgan fingerprint density at radius 2 is 2.42 bits per heavy atom. The van der Waals surface area contributed by atoms with Crippen molar-refractivity contribution in [2.75, 3.05) is 20.3 Å². The van der Waals surface area contributed by atoms with Crippen LogP contribution in [-0.4, -0.2) is 32.3 Å². The molecule has 104 valence electrons. The zero-order chi connectivity index (χ0) is 13.5. The average Bonchev–Trinajstić information content (AvgIpc) is 2.92. The van der Waals surface area contributed by atoms with Crippen molar-refractivity contribution >= 4 is 5.91 Å². The fraction of sp³-hybridized carbons (Fsp3) is 0.533. The van der Waals surface area contributed by atoms with Crippen molar-refractivity contribution in [2.24, 2.45) is 0 Å². The first-order chi connectivity index (χ1) is 9.28. The third-order valence-electron chi connectivity index (χ3n) is 3.31. The maximum Gasteiger partial charge on any atom is 0.224 e. The number of methoxy groups -OCH3 is 1. The lowest BCUT2D eigenvalue weighted by atomic mass is 10.1. The van der Waals surface area contributed by atoms with Gasteiger partial charge in [-0.05, 0) is 37.0 Å². The Morgan fingerprint density at radius 3 is 3.16 bits per heavy atom. The molecule has 1 aromatic carbocycles. The van der Waals surface area contributed by atoms with E-state index in [9.17, 15) is 4.79 Å². The van der Waals surface area contributed by atoms with Crippen LogP contribution < -0.4 is 10.1 Å². The Balaban J connectivity index is 1.70. The summed E-state index contributed by atoms with van der Waals surface area (Å²) in [6.45, 7) is 1.55. The van der Waals surface area contributed by atoms with Crippen LogP contribution >= 0.6 is 0 Å². The molecule has 1 aromatic rings. The molecule has 1 amide bonds. The van der Waals surface area contributed by atoms with Crippen molar-refractivity contribution in [2.45, 2.75) is 31.8 Å². The van der Waals surface area contributed by atoms with Crippen LogP contribution in [0, 0.1) is 0 Å². The van der Waals surface area contributed by atoms with Gasteiger partial charge in [0, 0.05) is 13.2 Å². The summed E-state index contributed by atoms with van der Waals surface area (Å²) < 4.78 is 10.7. The molecule has 1 aliphatic heterocycles. The lowest BCUT2D eigenvalue weighted by Gasteiger charge is -2.10. The van der Waals surface area contributed by atoms with E-state index in [-0.39, 0.29) is 5.91 Å². The summed E-state index contributed by atoms with van der Waals surface area (Å²) in [7, 11) is 1.63. The van der Waals surface area contributed by atoms with Gasteiger partial charge in [0.2, 0.25) is 5.91 Å². The number of hydrogen-bond acceptors (Lipinski definition) is 3. The van der Waals surface area contributed by atoms with E-state index < -0.39 is 0 Å².